The predicted octanol–water partition coefficient (Wildman–Crippen LogP) is -0.253. The van der Waals surface area contributed by atoms with Crippen molar-refractivity contribution in [2.75, 3.05) is 13.2 Å². The van der Waals surface area contributed by atoms with E-state index in [1.54, 1.807) is 0 Å². The third-order valence-corrected chi connectivity index (χ3v) is 2.34. The van der Waals surface area contributed by atoms with Crippen molar-refractivity contribution in [3.63, 3.8) is 0 Å². The third-order valence-electron chi connectivity index (χ3n) is 2.34. The summed E-state index contributed by atoms with van der Waals surface area (Å²) in [6, 6.07) is 0.106. The van der Waals surface area contributed by atoms with E-state index < -0.39 is 0 Å². The van der Waals surface area contributed by atoms with Crippen LogP contribution in [0.3, 0.4) is 0 Å². The molecule has 2 unspecified atom stereocenters. The fourth-order valence-electron chi connectivity index (χ4n) is 1.72. The number of ether oxygens (including phenoxy) is 2. The van der Waals surface area contributed by atoms with Crippen molar-refractivity contribution in [1.29, 1.82) is 0 Å². The first-order valence-electron chi connectivity index (χ1n) is 3.78. The van der Waals surface area contributed by atoms with Crippen LogP contribution in [0.1, 0.15) is 6.92 Å². The van der Waals surface area contributed by atoms with Crippen molar-refractivity contribution in [2.24, 2.45) is 11.7 Å². The molecule has 0 spiro atoms. The summed E-state index contributed by atoms with van der Waals surface area (Å²) in [6.07, 6.45) is 0.449. The van der Waals surface area contributed by atoms with Gasteiger partial charge < -0.3 is 15.2 Å². The standard InChI is InChI=1S/C7H13NO2/c1-4-2-9-7-5(8)3-10-6(4)7/h4-7H,2-3,8H2,1H3/t4?,5?,6-,7-/m1/s1. The van der Waals surface area contributed by atoms with Gasteiger partial charge in [0.1, 0.15) is 6.10 Å². The maximum Gasteiger partial charge on any atom is 0.101 e. The van der Waals surface area contributed by atoms with Crippen molar-refractivity contribution >= 4 is 0 Å². The van der Waals surface area contributed by atoms with Gasteiger partial charge in [0.05, 0.1) is 25.4 Å². The molecular formula is C7H13NO2. The topological polar surface area (TPSA) is 44.5 Å². The summed E-state index contributed by atoms with van der Waals surface area (Å²) in [5, 5.41) is 0. The van der Waals surface area contributed by atoms with Crippen LogP contribution in [0.25, 0.3) is 0 Å². The highest BCUT2D eigenvalue weighted by molar-refractivity contribution is 4.94. The monoisotopic (exact) mass is 143 g/mol. The van der Waals surface area contributed by atoms with Crippen molar-refractivity contribution in [3.05, 3.63) is 0 Å². The van der Waals surface area contributed by atoms with Crippen LogP contribution in [0.15, 0.2) is 0 Å². The SMILES string of the molecule is CC1CO[C@@H]2C(N)CO[C@H]12. The van der Waals surface area contributed by atoms with Crippen molar-refractivity contribution in [2.45, 2.75) is 25.2 Å². The lowest BCUT2D eigenvalue weighted by atomic mass is 10.0. The third kappa shape index (κ3) is 0.779. The van der Waals surface area contributed by atoms with Crippen LogP contribution in [0.4, 0.5) is 0 Å². The van der Waals surface area contributed by atoms with Gasteiger partial charge in [0, 0.05) is 5.92 Å². The summed E-state index contributed by atoms with van der Waals surface area (Å²) in [6.45, 7) is 3.62. The van der Waals surface area contributed by atoms with Gasteiger partial charge in [0.2, 0.25) is 0 Å². The molecule has 0 amide bonds. The molecule has 0 aromatic carbocycles. The molecule has 2 aliphatic rings. The van der Waals surface area contributed by atoms with Gasteiger partial charge in [-0.1, -0.05) is 6.92 Å². The Hall–Kier alpha value is -0.120. The first kappa shape index (κ1) is 6.58. The first-order valence-corrected chi connectivity index (χ1v) is 3.78. The molecule has 2 fully saturated rings. The Labute approximate surface area is 60.5 Å². The molecule has 58 valence electrons. The van der Waals surface area contributed by atoms with E-state index in [-0.39, 0.29) is 18.2 Å². The van der Waals surface area contributed by atoms with Crippen LogP contribution in [0.2, 0.25) is 0 Å². The normalized spacial score (nSPS) is 53.4. The zero-order valence-corrected chi connectivity index (χ0v) is 6.12. The van der Waals surface area contributed by atoms with Gasteiger partial charge >= 0.3 is 0 Å². The summed E-state index contributed by atoms with van der Waals surface area (Å²) >= 11 is 0. The van der Waals surface area contributed by atoms with Crippen LogP contribution in [0.5, 0.6) is 0 Å². The second kappa shape index (κ2) is 2.19. The molecule has 3 heteroatoms. The molecule has 3 nitrogen and oxygen atoms in total. The Morgan fingerprint density at radius 3 is 2.60 bits per heavy atom. The minimum absolute atomic E-state index is 0.106. The van der Waals surface area contributed by atoms with Gasteiger partial charge in [0.25, 0.3) is 0 Å². The Balaban J connectivity index is 2.09. The fourth-order valence-corrected chi connectivity index (χ4v) is 1.72. The van der Waals surface area contributed by atoms with Gasteiger partial charge in [-0.2, -0.15) is 0 Å². The molecule has 2 N–H and O–H groups in total. The predicted molar refractivity (Wildman–Crippen MR) is 36.6 cm³/mol. The lowest BCUT2D eigenvalue weighted by molar-refractivity contribution is 0.0650. The average molecular weight is 143 g/mol. The first-order chi connectivity index (χ1) is 4.79. The average Bonchev–Trinajstić information content (AvgIpc) is 2.41. The molecule has 2 heterocycles. The van der Waals surface area contributed by atoms with Gasteiger partial charge in [0.15, 0.2) is 0 Å². The fraction of sp³-hybridized carbons (Fsp3) is 1.00. The van der Waals surface area contributed by atoms with E-state index in [0.717, 1.165) is 6.61 Å². The van der Waals surface area contributed by atoms with E-state index in [4.69, 9.17) is 15.2 Å². The maximum absolute atomic E-state index is 5.73. The van der Waals surface area contributed by atoms with Crippen LogP contribution < -0.4 is 5.73 Å². The molecule has 2 saturated heterocycles. The quantitative estimate of drug-likeness (QED) is 0.508. The molecule has 0 saturated carbocycles. The van der Waals surface area contributed by atoms with E-state index >= 15 is 0 Å². The minimum Gasteiger partial charge on any atom is -0.373 e. The van der Waals surface area contributed by atoms with Gasteiger partial charge in [-0.05, 0) is 0 Å². The van der Waals surface area contributed by atoms with Crippen LogP contribution in [-0.4, -0.2) is 31.5 Å². The molecule has 0 radical (unpaired) electrons. The molecule has 4 atom stereocenters. The highest BCUT2D eigenvalue weighted by Gasteiger charge is 2.43. The van der Waals surface area contributed by atoms with Gasteiger partial charge in [-0.3, -0.25) is 0 Å². The maximum atomic E-state index is 5.73. The summed E-state index contributed by atoms with van der Waals surface area (Å²) in [4.78, 5) is 0. The molecule has 0 aromatic rings. The van der Waals surface area contributed by atoms with Crippen LogP contribution >= 0.6 is 0 Å². The molecule has 10 heavy (non-hydrogen) atoms. The number of hydrogen-bond acceptors (Lipinski definition) is 3. The zero-order chi connectivity index (χ0) is 7.14. The number of fused-ring (bicyclic) bond motifs is 1. The van der Waals surface area contributed by atoms with E-state index in [0.29, 0.717) is 12.5 Å². The van der Waals surface area contributed by atoms with E-state index in [2.05, 4.69) is 6.92 Å². The Kier molecular flexibility index (Phi) is 1.44. The zero-order valence-electron chi connectivity index (χ0n) is 6.12. The highest BCUT2D eigenvalue weighted by Crippen LogP contribution is 2.29. The van der Waals surface area contributed by atoms with Gasteiger partial charge in [-0.15, -0.1) is 0 Å². The Bertz CT molecular complexity index is 124. The summed E-state index contributed by atoms with van der Waals surface area (Å²) < 4.78 is 10.9. The van der Waals surface area contributed by atoms with Crippen LogP contribution in [-0.2, 0) is 9.47 Å². The van der Waals surface area contributed by atoms with E-state index in [9.17, 15) is 0 Å². The molecule has 2 rings (SSSR count). The number of nitrogens with two attached hydrogens (primary N) is 1. The summed E-state index contributed by atoms with van der Waals surface area (Å²) in [5.74, 6) is 0.526. The molecule has 0 aliphatic carbocycles. The van der Waals surface area contributed by atoms with Gasteiger partial charge in [-0.25, -0.2) is 0 Å². The number of hydrogen-bond donors (Lipinski definition) is 1. The molecular weight excluding hydrogens is 130 g/mol. The Morgan fingerprint density at radius 2 is 1.90 bits per heavy atom. The van der Waals surface area contributed by atoms with Crippen molar-refractivity contribution in [1.82, 2.24) is 0 Å². The second-order valence-electron chi connectivity index (χ2n) is 3.24. The number of rotatable bonds is 0. The minimum atomic E-state index is 0.106. The lowest BCUT2D eigenvalue weighted by Gasteiger charge is -2.10. The van der Waals surface area contributed by atoms with Crippen molar-refractivity contribution < 1.29 is 9.47 Å². The lowest BCUT2D eigenvalue weighted by Crippen LogP contribution is -2.35. The highest BCUT2D eigenvalue weighted by atomic mass is 16.6. The van der Waals surface area contributed by atoms with E-state index in [1.807, 2.05) is 0 Å². The summed E-state index contributed by atoms with van der Waals surface area (Å²) in [7, 11) is 0. The molecule has 0 bridgehead atoms. The molecule has 2 aliphatic heterocycles. The van der Waals surface area contributed by atoms with E-state index in [1.165, 1.54) is 0 Å². The summed E-state index contributed by atoms with van der Waals surface area (Å²) in [5.41, 5.74) is 5.73. The second-order valence-corrected chi connectivity index (χ2v) is 3.24. The smallest absolute Gasteiger partial charge is 0.101 e. The van der Waals surface area contributed by atoms with Crippen LogP contribution in [0, 0.1) is 5.92 Å². The Morgan fingerprint density at radius 1 is 1.20 bits per heavy atom. The molecule has 0 aromatic heterocycles. The largest absolute Gasteiger partial charge is 0.373 e. The van der Waals surface area contributed by atoms with Crippen molar-refractivity contribution in [3.8, 4) is 0 Å².